The van der Waals surface area contributed by atoms with Crippen LogP contribution >= 0.6 is 0 Å². The highest BCUT2D eigenvalue weighted by Crippen LogP contribution is 2.28. The van der Waals surface area contributed by atoms with Crippen LogP contribution in [0.15, 0.2) is 0 Å². The summed E-state index contributed by atoms with van der Waals surface area (Å²) in [6, 6.07) is 0.799. The molecule has 2 rings (SSSR count). The summed E-state index contributed by atoms with van der Waals surface area (Å²) in [6.07, 6.45) is 10.1. The van der Waals surface area contributed by atoms with Crippen LogP contribution in [0.2, 0.25) is 0 Å². The molecule has 0 unspecified atom stereocenters. The summed E-state index contributed by atoms with van der Waals surface area (Å²) in [5, 5.41) is 3.41. The minimum Gasteiger partial charge on any atom is -0.317 e. The summed E-state index contributed by atoms with van der Waals surface area (Å²) in [7, 11) is 4.43. The van der Waals surface area contributed by atoms with Crippen LogP contribution in [-0.2, 0) is 0 Å². The van der Waals surface area contributed by atoms with Crippen LogP contribution in [0.3, 0.4) is 0 Å². The normalized spacial score (nSPS) is 31.7. The number of nitrogens with zero attached hydrogens (tertiary/aromatic N) is 1. The molecule has 0 aromatic rings. The first-order valence-electron chi connectivity index (χ1n) is 7.13. The van der Waals surface area contributed by atoms with Crippen molar-refractivity contribution < 1.29 is 0 Å². The predicted molar refractivity (Wildman–Crippen MR) is 69.6 cm³/mol. The maximum absolute atomic E-state index is 3.41. The van der Waals surface area contributed by atoms with Gasteiger partial charge >= 0.3 is 0 Å². The Morgan fingerprint density at radius 2 is 1.50 bits per heavy atom. The summed E-state index contributed by atoms with van der Waals surface area (Å²) in [5.41, 5.74) is 0. The molecule has 0 bridgehead atoms. The van der Waals surface area contributed by atoms with Crippen molar-refractivity contribution in [3.63, 3.8) is 0 Å². The van der Waals surface area contributed by atoms with E-state index in [0.717, 1.165) is 17.9 Å². The van der Waals surface area contributed by atoms with E-state index in [9.17, 15) is 0 Å². The van der Waals surface area contributed by atoms with E-state index in [1.807, 2.05) is 0 Å². The van der Waals surface area contributed by atoms with Crippen LogP contribution in [0.5, 0.6) is 0 Å². The average Bonchev–Trinajstić information content (AvgIpc) is 2.25. The number of hydrogen-bond donors (Lipinski definition) is 1. The molecule has 0 aliphatic heterocycles. The lowest BCUT2D eigenvalue weighted by atomic mass is 9.83. The molecule has 0 saturated heterocycles. The molecule has 0 spiro atoms. The minimum absolute atomic E-state index is 0.799. The molecule has 2 nitrogen and oxygen atoms in total. The topological polar surface area (TPSA) is 15.3 Å². The van der Waals surface area contributed by atoms with Crippen LogP contribution < -0.4 is 5.32 Å². The van der Waals surface area contributed by atoms with Gasteiger partial charge in [0.15, 0.2) is 0 Å². The Morgan fingerprint density at radius 3 is 1.94 bits per heavy atom. The molecular weight excluding hydrogens is 196 g/mol. The summed E-state index contributed by atoms with van der Waals surface area (Å²) in [4.78, 5) is 2.59. The van der Waals surface area contributed by atoms with Crippen LogP contribution in [0.25, 0.3) is 0 Å². The number of nitrogens with one attached hydrogen (secondary N) is 1. The zero-order valence-corrected chi connectivity index (χ0v) is 11.0. The summed E-state index contributed by atoms with van der Waals surface area (Å²) >= 11 is 0. The molecule has 0 amide bonds. The molecule has 2 fully saturated rings. The monoisotopic (exact) mass is 224 g/mol. The SMILES string of the molecule is CNC1CCC(CN(C)CC2CCC2)CC1. The number of hydrogen-bond acceptors (Lipinski definition) is 2. The van der Waals surface area contributed by atoms with Crippen molar-refractivity contribution in [1.82, 2.24) is 10.2 Å². The first kappa shape index (κ1) is 12.4. The first-order valence-corrected chi connectivity index (χ1v) is 7.13. The van der Waals surface area contributed by atoms with E-state index >= 15 is 0 Å². The molecule has 0 atom stereocenters. The highest BCUT2D eigenvalue weighted by Gasteiger charge is 2.23. The Labute approximate surface area is 101 Å². The van der Waals surface area contributed by atoms with Gasteiger partial charge in [-0.2, -0.15) is 0 Å². The van der Waals surface area contributed by atoms with E-state index in [0.29, 0.717) is 0 Å². The zero-order chi connectivity index (χ0) is 11.4. The second kappa shape index (κ2) is 6.02. The third-order valence-electron chi connectivity index (χ3n) is 4.62. The highest BCUT2D eigenvalue weighted by molar-refractivity contribution is 4.79. The summed E-state index contributed by atoms with van der Waals surface area (Å²) in [6.45, 7) is 2.69. The Bertz CT molecular complexity index is 193. The molecule has 0 heterocycles. The fraction of sp³-hybridized carbons (Fsp3) is 1.00. The third kappa shape index (κ3) is 3.46. The lowest BCUT2D eigenvalue weighted by Gasteiger charge is -2.34. The summed E-state index contributed by atoms with van der Waals surface area (Å²) < 4.78 is 0. The first-order chi connectivity index (χ1) is 7.78. The van der Waals surface area contributed by atoms with E-state index in [1.165, 1.54) is 58.0 Å². The molecule has 0 aromatic carbocycles. The minimum atomic E-state index is 0.799. The van der Waals surface area contributed by atoms with E-state index in [-0.39, 0.29) is 0 Å². The standard InChI is InChI=1S/C14H28N2/c1-15-14-8-6-13(7-9-14)11-16(2)10-12-4-3-5-12/h12-15H,3-11H2,1-2H3. The van der Waals surface area contributed by atoms with Gasteiger partial charge in [0.05, 0.1) is 0 Å². The molecule has 0 radical (unpaired) electrons. The maximum Gasteiger partial charge on any atom is 0.00642 e. The number of rotatable bonds is 5. The zero-order valence-electron chi connectivity index (χ0n) is 11.0. The van der Waals surface area contributed by atoms with Crippen molar-refractivity contribution in [2.24, 2.45) is 11.8 Å². The van der Waals surface area contributed by atoms with Gasteiger partial charge in [-0.25, -0.2) is 0 Å². The van der Waals surface area contributed by atoms with E-state index in [1.54, 1.807) is 0 Å². The molecule has 2 aliphatic rings. The highest BCUT2D eigenvalue weighted by atomic mass is 15.1. The van der Waals surface area contributed by atoms with Gasteiger partial charge in [-0.15, -0.1) is 0 Å². The van der Waals surface area contributed by atoms with Crippen LogP contribution in [-0.4, -0.2) is 38.1 Å². The molecular formula is C14H28N2. The van der Waals surface area contributed by atoms with Crippen LogP contribution in [0.1, 0.15) is 44.9 Å². The van der Waals surface area contributed by atoms with E-state index in [2.05, 4.69) is 24.3 Å². The van der Waals surface area contributed by atoms with Gasteiger partial charge in [-0.1, -0.05) is 6.42 Å². The lowest BCUT2D eigenvalue weighted by molar-refractivity contribution is 0.164. The summed E-state index contributed by atoms with van der Waals surface area (Å²) in [5.74, 6) is 1.99. The Balaban J connectivity index is 1.61. The van der Waals surface area contributed by atoms with Gasteiger partial charge in [-0.3, -0.25) is 0 Å². The molecule has 2 heteroatoms. The second-order valence-corrected chi connectivity index (χ2v) is 6.02. The molecule has 1 N–H and O–H groups in total. The van der Waals surface area contributed by atoms with Crippen molar-refractivity contribution in [2.75, 3.05) is 27.2 Å². The molecule has 0 aromatic heterocycles. The van der Waals surface area contributed by atoms with Crippen molar-refractivity contribution >= 4 is 0 Å². The fourth-order valence-electron chi connectivity index (χ4n) is 3.27. The molecule has 2 aliphatic carbocycles. The van der Waals surface area contributed by atoms with Gasteiger partial charge in [0.1, 0.15) is 0 Å². The van der Waals surface area contributed by atoms with Gasteiger partial charge in [0.25, 0.3) is 0 Å². The molecule has 16 heavy (non-hydrogen) atoms. The van der Waals surface area contributed by atoms with Crippen molar-refractivity contribution in [2.45, 2.75) is 51.0 Å². The average molecular weight is 224 g/mol. The largest absolute Gasteiger partial charge is 0.317 e. The smallest absolute Gasteiger partial charge is 0.00642 e. The quantitative estimate of drug-likeness (QED) is 0.772. The Kier molecular flexibility index (Phi) is 4.66. The van der Waals surface area contributed by atoms with Gasteiger partial charge in [0, 0.05) is 19.1 Å². The van der Waals surface area contributed by atoms with Crippen LogP contribution in [0.4, 0.5) is 0 Å². The van der Waals surface area contributed by atoms with Gasteiger partial charge in [-0.05, 0) is 64.5 Å². The van der Waals surface area contributed by atoms with Gasteiger partial charge < -0.3 is 10.2 Å². The Hall–Kier alpha value is -0.0800. The van der Waals surface area contributed by atoms with Crippen molar-refractivity contribution in [3.8, 4) is 0 Å². The Morgan fingerprint density at radius 1 is 0.938 bits per heavy atom. The third-order valence-corrected chi connectivity index (χ3v) is 4.62. The van der Waals surface area contributed by atoms with Crippen molar-refractivity contribution in [3.05, 3.63) is 0 Å². The lowest BCUT2D eigenvalue weighted by Crippen LogP contribution is -2.36. The second-order valence-electron chi connectivity index (χ2n) is 6.02. The van der Waals surface area contributed by atoms with E-state index in [4.69, 9.17) is 0 Å². The van der Waals surface area contributed by atoms with E-state index < -0.39 is 0 Å². The van der Waals surface area contributed by atoms with Crippen LogP contribution in [0, 0.1) is 11.8 Å². The molecule has 94 valence electrons. The predicted octanol–water partition coefficient (Wildman–Crippen LogP) is 2.50. The molecule has 2 saturated carbocycles. The van der Waals surface area contributed by atoms with Gasteiger partial charge in [0.2, 0.25) is 0 Å². The fourth-order valence-corrected chi connectivity index (χ4v) is 3.27. The maximum atomic E-state index is 3.41. The van der Waals surface area contributed by atoms with Crippen molar-refractivity contribution in [1.29, 1.82) is 0 Å².